The third-order valence-electron chi connectivity index (χ3n) is 5.26. The van der Waals surface area contributed by atoms with Crippen LogP contribution in [-0.4, -0.2) is 36.5 Å². The van der Waals surface area contributed by atoms with E-state index in [-0.39, 0.29) is 5.41 Å². The normalized spacial score (nSPS) is 31.9. The summed E-state index contributed by atoms with van der Waals surface area (Å²) in [5, 5.41) is 3.48. The largest absolute Gasteiger partial charge is 0.339 e. The Bertz CT molecular complexity index is 305. The maximum Gasteiger partial charge on any atom is 0.230 e. The number of amides is 1. The number of piperidine rings is 1. The zero-order valence-corrected chi connectivity index (χ0v) is 13.4. The maximum absolute atomic E-state index is 13.3. The van der Waals surface area contributed by atoms with Crippen LogP contribution < -0.4 is 5.32 Å². The number of hydrogen-bond donors (Lipinski definition) is 1. The van der Waals surface area contributed by atoms with Gasteiger partial charge in [-0.1, -0.05) is 33.1 Å². The Kier molecular flexibility index (Phi) is 5.88. The summed E-state index contributed by atoms with van der Waals surface area (Å²) in [5.41, 5.74) is -0.106. The lowest BCUT2D eigenvalue weighted by molar-refractivity contribution is -0.146. The van der Waals surface area contributed by atoms with Crippen molar-refractivity contribution >= 4 is 5.91 Å². The molecule has 2 saturated heterocycles. The van der Waals surface area contributed by atoms with Crippen LogP contribution in [0, 0.1) is 5.41 Å². The molecule has 116 valence electrons. The predicted octanol–water partition coefficient (Wildman–Crippen LogP) is 3.34. The second-order valence-corrected chi connectivity index (χ2v) is 6.72. The van der Waals surface area contributed by atoms with Crippen LogP contribution in [0.3, 0.4) is 0 Å². The van der Waals surface area contributed by atoms with E-state index in [0.717, 1.165) is 51.7 Å². The summed E-state index contributed by atoms with van der Waals surface area (Å²) in [7, 11) is 0. The standard InChI is InChI=1S/C17H32N2O/c1-3-10-17(11-8-12-18-14-17)16(20)19-13-7-5-6-9-15(19)4-2/h15,18H,3-14H2,1-2H3. The minimum atomic E-state index is -0.106. The van der Waals surface area contributed by atoms with Crippen LogP contribution in [0.2, 0.25) is 0 Å². The van der Waals surface area contributed by atoms with Gasteiger partial charge in [0.1, 0.15) is 0 Å². The molecule has 2 rings (SSSR count). The minimum Gasteiger partial charge on any atom is -0.339 e. The van der Waals surface area contributed by atoms with E-state index in [1.165, 1.54) is 25.7 Å². The smallest absolute Gasteiger partial charge is 0.230 e. The van der Waals surface area contributed by atoms with Crippen LogP contribution in [0.5, 0.6) is 0 Å². The van der Waals surface area contributed by atoms with E-state index in [1.54, 1.807) is 0 Å². The Labute approximate surface area is 124 Å². The van der Waals surface area contributed by atoms with Crippen LogP contribution in [0.25, 0.3) is 0 Å². The van der Waals surface area contributed by atoms with Crippen molar-refractivity contribution in [3.8, 4) is 0 Å². The van der Waals surface area contributed by atoms with Crippen molar-refractivity contribution in [2.24, 2.45) is 5.41 Å². The fraction of sp³-hybridized carbons (Fsp3) is 0.941. The number of likely N-dealkylation sites (tertiary alicyclic amines) is 1. The molecule has 2 fully saturated rings. The van der Waals surface area contributed by atoms with Crippen LogP contribution >= 0.6 is 0 Å². The van der Waals surface area contributed by atoms with Crippen molar-refractivity contribution in [3.63, 3.8) is 0 Å². The van der Waals surface area contributed by atoms with Gasteiger partial charge >= 0.3 is 0 Å². The molecule has 0 spiro atoms. The first-order chi connectivity index (χ1) is 9.73. The molecule has 3 heteroatoms. The summed E-state index contributed by atoms with van der Waals surface area (Å²) < 4.78 is 0. The molecule has 0 aromatic heterocycles. The Morgan fingerprint density at radius 1 is 1.25 bits per heavy atom. The fourth-order valence-electron chi connectivity index (χ4n) is 4.12. The summed E-state index contributed by atoms with van der Waals surface area (Å²) in [5.74, 6) is 0.459. The quantitative estimate of drug-likeness (QED) is 0.856. The summed E-state index contributed by atoms with van der Waals surface area (Å²) in [6.45, 7) is 7.41. The van der Waals surface area contributed by atoms with Gasteiger partial charge in [0.15, 0.2) is 0 Å². The van der Waals surface area contributed by atoms with Gasteiger partial charge in [-0.15, -0.1) is 0 Å². The average molecular weight is 280 g/mol. The van der Waals surface area contributed by atoms with Gasteiger partial charge in [0.2, 0.25) is 5.91 Å². The van der Waals surface area contributed by atoms with Gasteiger partial charge in [-0.25, -0.2) is 0 Å². The highest BCUT2D eigenvalue weighted by Crippen LogP contribution is 2.36. The highest BCUT2D eigenvalue weighted by atomic mass is 16.2. The Hall–Kier alpha value is -0.570. The molecule has 0 bridgehead atoms. The van der Waals surface area contributed by atoms with Crippen molar-refractivity contribution < 1.29 is 4.79 Å². The zero-order chi connectivity index (χ0) is 14.4. The predicted molar refractivity (Wildman–Crippen MR) is 83.7 cm³/mol. The molecule has 2 aliphatic rings. The summed E-state index contributed by atoms with van der Waals surface area (Å²) in [6.07, 6.45) is 10.5. The first-order valence-corrected chi connectivity index (χ1v) is 8.75. The number of nitrogens with zero attached hydrogens (tertiary/aromatic N) is 1. The molecule has 0 aromatic carbocycles. The van der Waals surface area contributed by atoms with E-state index >= 15 is 0 Å². The molecule has 3 nitrogen and oxygen atoms in total. The highest BCUT2D eigenvalue weighted by Gasteiger charge is 2.42. The number of rotatable bonds is 4. The second-order valence-electron chi connectivity index (χ2n) is 6.72. The van der Waals surface area contributed by atoms with E-state index in [9.17, 15) is 4.79 Å². The van der Waals surface area contributed by atoms with Gasteiger partial charge in [0, 0.05) is 19.1 Å². The monoisotopic (exact) mass is 280 g/mol. The number of carbonyl (C=O) groups is 1. The highest BCUT2D eigenvalue weighted by molar-refractivity contribution is 5.83. The van der Waals surface area contributed by atoms with Crippen LogP contribution in [0.15, 0.2) is 0 Å². The molecule has 0 saturated carbocycles. The van der Waals surface area contributed by atoms with E-state index in [2.05, 4.69) is 24.1 Å². The van der Waals surface area contributed by atoms with Crippen molar-refractivity contribution in [2.45, 2.75) is 77.7 Å². The van der Waals surface area contributed by atoms with Gasteiger partial charge in [-0.2, -0.15) is 0 Å². The van der Waals surface area contributed by atoms with Crippen molar-refractivity contribution in [2.75, 3.05) is 19.6 Å². The van der Waals surface area contributed by atoms with Gasteiger partial charge in [0.25, 0.3) is 0 Å². The molecule has 1 amide bonds. The molecule has 2 atom stereocenters. The van der Waals surface area contributed by atoms with Crippen molar-refractivity contribution in [1.82, 2.24) is 10.2 Å². The Morgan fingerprint density at radius 3 is 2.75 bits per heavy atom. The summed E-state index contributed by atoms with van der Waals surface area (Å²) in [4.78, 5) is 15.5. The molecule has 2 aliphatic heterocycles. The maximum atomic E-state index is 13.3. The third-order valence-corrected chi connectivity index (χ3v) is 5.26. The Morgan fingerprint density at radius 2 is 2.10 bits per heavy atom. The molecule has 2 heterocycles. The summed E-state index contributed by atoms with van der Waals surface area (Å²) >= 11 is 0. The van der Waals surface area contributed by atoms with Gasteiger partial charge in [0.05, 0.1) is 5.41 Å². The number of carbonyl (C=O) groups excluding carboxylic acids is 1. The van der Waals surface area contributed by atoms with Crippen molar-refractivity contribution in [1.29, 1.82) is 0 Å². The zero-order valence-electron chi connectivity index (χ0n) is 13.4. The fourth-order valence-corrected chi connectivity index (χ4v) is 4.12. The van der Waals surface area contributed by atoms with Crippen LogP contribution in [-0.2, 0) is 4.79 Å². The average Bonchev–Trinajstić information content (AvgIpc) is 2.72. The molecular formula is C17H32N2O. The van der Waals surface area contributed by atoms with Crippen LogP contribution in [0.4, 0.5) is 0 Å². The van der Waals surface area contributed by atoms with Crippen molar-refractivity contribution in [3.05, 3.63) is 0 Å². The van der Waals surface area contributed by atoms with Gasteiger partial charge < -0.3 is 10.2 Å². The second kappa shape index (κ2) is 7.44. The molecular weight excluding hydrogens is 248 g/mol. The van der Waals surface area contributed by atoms with E-state index in [1.807, 2.05) is 0 Å². The van der Waals surface area contributed by atoms with E-state index in [0.29, 0.717) is 11.9 Å². The molecule has 1 N–H and O–H groups in total. The van der Waals surface area contributed by atoms with E-state index < -0.39 is 0 Å². The lowest BCUT2D eigenvalue weighted by Crippen LogP contribution is -2.54. The molecule has 0 aromatic rings. The summed E-state index contributed by atoms with van der Waals surface area (Å²) in [6, 6.07) is 0.487. The van der Waals surface area contributed by atoms with Gasteiger partial charge in [-0.05, 0) is 45.1 Å². The lowest BCUT2D eigenvalue weighted by atomic mass is 9.75. The molecule has 20 heavy (non-hydrogen) atoms. The Balaban J connectivity index is 2.15. The topological polar surface area (TPSA) is 32.3 Å². The molecule has 2 unspecified atom stereocenters. The minimum absolute atomic E-state index is 0.106. The van der Waals surface area contributed by atoms with Crippen LogP contribution in [0.1, 0.15) is 71.6 Å². The molecule has 0 aliphatic carbocycles. The number of hydrogen-bond acceptors (Lipinski definition) is 2. The van der Waals surface area contributed by atoms with E-state index in [4.69, 9.17) is 0 Å². The van der Waals surface area contributed by atoms with Gasteiger partial charge in [-0.3, -0.25) is 4.79 Å². The third kappa shape index (κ3) is 3.36. The number of nitrogens with one attached hydrogen (secondary N) is 1. The first kappa shape index (κ1) is 15.8. The first-order valence-electron chi connectivity index (χ1n) is 8.75. The lowest BCUT2D eigenvalue weighted by Gasteiger charge is -2.42. The SMILES string of the molecule is CCCC1(C(=O)N2CCCCCC2CC)CCCNC1. The molecule has 0 radical (unpaired) electrons.